The van der Waals surface area contributed by atoms with Crippen LogP contribution in [-0.2, 0) is 9.53 Å². The van der Waals surface area contributed by atoms with Crippen molar-refractivity contribution in [3.05, 3.63) is 11.9 Å². The van der Waals surface area contributed by atoms with E-state index in [1.807, 2.05) is 0 Å². The van der Waals surface area contributed by atoms with E-state index in [2.05, 4.69) is 20.6 Å². The predicted molar refractivity (Wildman–Crippen MR) is 72.5 cm³/mol. The van der Waals surface area contributed by atoms with Gasteiger partial charge in [0.05, 0.1) is 0 Å². The number of aromatic nitrogens is 2. The van der Waals surface area contributed by atoms with E-state index < -0.39 is 12.0 Å². The van der Waals surface area contributed by atoms with Gasteiger partial charge in [-0.1, -0.05) is 0 Å². The Morgan fingerprint density at radius 2 is 2.16 bits per heavy atom. The van der Waals surface area contributed by atoms with Crippen LogP contribution in [0.25, 0.3) is 0 Å². The highest BCUT2D eigenvalue weighted by molar-refractivity contribution is 5.76. The number of nitrogens with zero attached hydrogens (tertiary/aromatic N) is 2. The second-order valence-corrected chi connectivity index (χ2v) is 4.16. The number of carboxylic acid groups (broad SMARTS) is 1. The summed E-state index contributed by atoms with van der Waals surface area (Å²) in [6.07, 6.45) is 0.869. The molecule has 1 unspecified atom stereocenters. The summed E-state index contributed by atoms with van der Waals surface area (Å²) in [6, 6.07) is 0.995. The van der Waals surface area contributed by atoms with Crippen molar-refractivity contribution in [3.63, 3.8) is 0 Å². The lowest BCUT2D eigenvalue weighted by atomic mass is 10.3. The Bertz CT molecular complexity index is 425. The van der Waals surface area contributed by atoms with E-state index in [0.29, 0.717) is 24.1 Å². The molecule has 0 aliphatic heterocycles. The average molecular weight is 268 g/mol. The Morgan fingerprint density at radius 3 is 2.79 bits per heavy atom. The maximum atomic E-state index is 10.8. The first kappa shape index (κ1) is 15.2. The number of anilines is 2. The molecule has 7 nitrogen and oxygen atoms in total. The van der Waals surface area contributed by atoms with Crippen molar-refractivity contribution < 1.29 is 14.6 Å². The van der Waals surface area contributed by atoms with Crippen LogP contribution in [0.5, 0.6) is 0 Å². The van der Waals surface area contributed by atoms with E-state index in [9.17, 15) is 4.79 Å². The van der Waals surface area contributed by atoms with Crippen LogP contribution >= 0.6 is 0 Å². The van der Waals surface area contributed by atoms with Crippen LogP contribution in [0.4, 0.5) is 11.6 Å². The quantitative estimate of drug-likeness (QED) is 0.608. The molecule has 1 heterocycles. The topological polar surface area (TPSA) is 96.4 Å². The summed E-state index contributed by atoms with van der Waals surface area (Å²) in [5.41, 5.74) is 0. The van der Waals surface area contributed by atoms with E-state index in [1.54, 1.807) is 27.0 Å². The number of hydrogen-bond donors (Lipinski definition) is 3. The van der Waals surface area contributed by atoms with Gasteiger partial charge < -0.3 is 20.5 Å². The molecule has 19 heavy (non-hydrogen) atoms. The third-order valence-electron chi connectivity index (χ3n) is 2.40. The fraction of sp³-hybridized carbons (Fsp3) is 0.583. The average Bonchev–Trinajstić information content (AvgIpc) is 2.34. The third kappa shape index (κ3) is 5.52. The Morgan fingerprint density at radius 1 is 1.47 bits per heavy atom. The summed E-state index contributed by atoms with van der Waals surface area (Å²) >= 11 is 0. The summed E-state index contributed by atoms with van der Waals surface area (Å²) in [6.45, 7) is 4.73. The van der Waals surface area contributed by atoms with Crippen molar-refractivity contribution in [2.24, 2.45) is 0 Å². The van der Waals surface area contributed by atoms with Crippen molar-refractivity contribution >= 4 is 17.6 Å². The van der Waals surface area contributed by atoms with Crippen molar-refractivity contribution in [1.82, 2.24) is 9.97 Å². The zero-order valence-corrected chi connectivity index (χ0v) is 11.4. The summed E-state index contributed by atoms with van der Waals surface area (Å²) in [5, 5.41) is 14.8. The lowest BCUT2D eigenvalue weighted by molar-refractivity contribution is -0.137. The number of methoxy groups -OCH3 is 1. The SMILES string of the molecule is COCCCNc1cc(NC(C)C(=O)O)nc(C)n1. The van der Waals surface area contributed by atoms with Crippen LogP contribution in [0.2, 0.25) is 0 Å². The number of carboxylic acids is 1. The first-order valence-electron chi connectivity index (χ1n) is 6.10. The van der Waals surface area contributed by atoms with Crippen molar-refractivity contribution in [2.45, 2.75) is 26.3 Å². The van der Waals surface area contributed by atoms with E-state index >= 15 is 0 Å². The van der Waals surface area contributed by atoms with Gasteiger partial charge in [-0.3, -0.25) is 4.79 Å². The molecule has 3 N–H and O–H groups in total. The molecule has 106 valence electrons. The lowest BCUT2D eigenvalue weighted by Gasteiger charge is -2.12. The first-order valence-corrected chi connectivity index (χ1v) is 6.10. The molecule has 1 atom stereocenters. The minimum absolute atomic E-state index is 0.497. The van der Waals surface area contributed by atoms with Crippen molar-refractivity contribution in [3.8, 4) is 0 Å². The Hall–Kier alpha value is -1.89. The maximum absolute atomic E-state index is 10.8. The van der Waals surface area contributed by atoms with Gasteiger partial charge >= 0.3 is 5.97 Å². The molecule has 0 amide bonds. The fourth-order valence-corrected chi connectivity index (χ4v) is 1.45. The Labute approximate surface area is 112 Å². The molecular weight excluding hydrogens is 248 g/mol. The normalized spacial score (nSPS) is 11.9. The van der Waals surface area contributed by atoms with E-state index in [-0.39, 0.29) is 0 Å². The molecule has 0 aliphatic rings. The standard InChI is InChI=1S/C12H20N4O3/c1-8(12(17)18)14-11-7-10(15-9(2)16-11)13-5-4-6-19-3/h7-8H,4-6H2,1-3H3,(H,17,18)(H2,13,14,15,16). The van der Waals surface area contributed by atoms with E-state index in [4.69, 9.17) is 9.84 Å². The number of aryl methyl sites for hydroxylation is 1. The Kier molecular flexibility index (Phi) is 6.01. The second-order valence-electron chi connectivity index (χ2n) is 4.16. The highest BCUT2D eigenvalue weighted by Gasteiger charge is 2.11. The van der Waals surface area contributed by atoms with Gasteiger partial charge in [0.2, 0.25) is 0 Å². The van der Waals surface area contributed by atoms with Crippen LogP contribution in [0.1, 0.15) is 19.2 Å². The molecule has 7 heteroatoms. The van der Waals surface area contributed by atoms with Gasteiger partial charge in [-0.25, -0.2) is 9.97 Å². The van der Waals surface area contributed by atoms with Gasteiger partial charge in [0, 0.05) is 26.3 Å². The first-order chi connectivity index (χ1) is 9.02. The van der Waals surface area contributed by atoms with Gasteiger partial charge in [-0.15, -0.1) is 0 Å². The lowest BCUT2D eigenvalue weighted by Crippen LogP contribution is -2.26. The number of rotatable bonds is 8. The third-order valence-corrected chi connectivity index (χ3v) is 2.40. The monoisotopic (exact) mass is 268 g/mol. The maximum Gasteiger partial charge on any atom is 0.325 e. The zero-order chi connectivity index (χ0) is 14.3. The van der Waals surface area contributed by atoms with Crippen molar-refractivity contribution in [2.75, 3.05) is 30.9 Å². The summed E-state index contributed by atoms with van der Waals surface area (Å²) in [7, 11) is 1.66. The number of aliphatic carboxylic acids is 1. The molecule has 0 spiro atoms. The summed E-state index contributed by atoms with van der Waals surface area (Å²) in [4.78, 5) is 19.2. The summed E-state index contributed by atoms with van der Waals surface area (Å²) in [5.74, 6) is 0.822. The predicted octanol–water partition coefficient (Wildman–Crippen LogP) is 1.12. The Balaban J connectivity index is 2.63. The van der Waals surface area contributed by atoms with Gasteiger partial charge in [-0.05, 0) is 20.3 Å². The van der Waals surface area contributed by atoms with Crippen LogP contribution in [0, 0.1) is 6.92 Å². The zero-order valence-electron chi connectivity index (χ0n) is 11.4. The van der Waals surface area contributed by atoms with Crippen LogP contribution in [-0.4, -0.2) is 47.3 Å². The van der Waals surface area contributed by atoms with E-state index in [0.717, 1.165) is 13.0 Å². The molecule has 0 saturated heterocycles. The molecule has 1 aromatic heterocycles. The van der Waals surface area contributed by atoms with Crippen molar-refractivity contribution in [1.29, 1.82) is 0 Å². The largest absolute Gasteiger partial charge is 0.480 e. The highest BCUT2D eigenvalue weighted by atomic mass is 16.5. The summed E-state index contributed by atoms with van der Waals surface area (Å²) < 4.78 is 4.96. The molecule has 0 fully saturated rings. The van der Waals surface area contributed by atoms with Crippen LogP contribution in [0.15, 0.2) is 6.07 Å². The molecule has 0 radical (unpaired) electrons. The smallest absolute Gasteiger partial charge is 0.325 e. The number of hydrogen-bond acceptors (Lipinski definition) is 6. The molecule has 0 saturated carbocycles. The highest BCUT2D eigenvalue weighted by Crippen LogP contribution is 2.12. The minimum Gasteiger partial charge on any atom is -0.480 e. The molecule has 1 rings (SSSR count). The fourth-order valence-electron chi connectivity index (χ4n) is 1.45. The number of nitrogens with one attached hydrogen (secondary N) is 2. The molecule has 0 bridgehead atoms. The van der Waals surface area contributed by atoms with Crippen LogP contribution < -0.4 is 10.6 Å². The number of carbonyl (C=O) groups is 1. The molecular formula is C12H20N4O3. The van der Waals surface area contributed by atoms with Gasteiger partial charge in [-0.2, -0.15) is 0 Å². The van der Waals surface area contributed by atoms with Gasteiger partial charge in [0.25, 0.3) is 0 Å². The van der Waals surface area contributed by atoms with Gasteiger partial charge in [0.15, 0.2) is 0 Å². The van der Waals surface area contributed by atoms with Crippen LogP contribution in [0.3, 0.4) is 0 Å². The molecule has 0 aromatic carbocycles. The minimum atomic E-state index is -0.925. The second kappa shape index (κ2) is 7.52. The molecule has 0 aliphatic carbocycles. The molecule has 1 aromatic rings. The van der Waals surface area contributed by atoms with E-state index in [1.165, 1.54) is 0 Å². The number of ether oxygens (including phenoxy) is 1. The van der Waals surface area contributed by atoms with Gasteiger partial charge in [0.1, 0.15) is 23.5 Å².